The maximum Gasteiger partial charge on any atom is 0.416 e. The Hall–Kier alpha value is -3.03. The molecule has 1 heterocycles. The van der Waals surface area contributed by atoms with E-state index in [1.54, 1.807) is 38.4 Å². The smallest absolute Gasteiger partial charge is 0.416 e. The number of hydrogen-bond acceptors (Lipinski definition) is 3. The number of alkyl halides is 3. The van der Waals surface area contributed by atoms with Crippen LogP contribution in [0.3, 0.4) is 0 Å². The van der Waals surface area contributed by atoms with Crippen LogP contribution in [0, 0.1) is 0 Å². The Balaban J connectivity index is 1.94. The fourth-order valence-corrected chi connectivity index (χ4v) is 2.80. The number of nitrogens with zero attached hydrogens (tertiary/aromatic N) is 2. The van der Waals surface area contributed by atoms with E-state index in [0.717, 1.165) is 24.3 Å². The average Bonchev–Trinajstić information content (AvgIpc) is 2.65. The van der Waals surface area contributed by atoms with Gasteiger partial charge in [-0.3, -0.25) is 9.59 Å². The summed E-state index contributed by atoms with van der Waals surface area (Å²) >= 11 is 0. The molecule has 2 amide bonds. The van der Waals surface area contributed by atoms with Crippen molar-refractivity contribution in [2.75, 3.05) is 25.5 Å². The lowest BCUT2D eigenvalue weighted by Crippen LogP contribution is -2.50. The van der Waals surface area contributed by atoms with Crippen molar-refractivity contribution in [3.8, 4) is 5.75 Å². The number of benzene rings is 2. The van der Waals surface area contributed by atoms with Gasteiger partial charge in [-0.25, -0.2) is 0 Å². The van der Waals surface area contributed by atoms with Crippen molar-refractivity contribution in [2.24, 2.45) is 0 Å². The zero-order chi connectivity index (χ0) is 19.8. The van der Waals surface area contributed by atoms with Crippen LogP contribution in [-0.4, -0.2) is 43.5 Å². The van der Waals surface area contributed by atoms with Gasteiger partial charge in [-0.2, -0.15) is 13.2 Å². The van der Waals surface area contributed by atoms with Crippen LogP contribution >= 0.6 is 0 Å². The van der Waals surface area contributed by atoms with E-state index < -0.39 is 23.8 Å². The first-order valence-electron chi connectivity index (χ1n) is 8.14. The Morgan fingerprint density at radius 3 is 2.30 bits per heavy atom. The van der Waals surface area contributed by atoms with Crippen molar-refractivity contribution < 1.29 is 27.5 Å². The molecule has 5 nitrogen and oxygen atoms in total. The molecule has 2 aromatic rings. The summed E-state index contributed by atoms with van der Waals surface area (Å²) in [7, 11) is 3.16. The van der Waals surface area contributed by atoms with Gasteiger partial charge in [-0.1, -0.05) is 12.1 Å². The third-order valence-electron chi connectivity index (χ3n) is 4.19. The lowest BCUT2D eigenvalue weighted by atomic mass is 10.1. The molecule has 8 heteroatoms. The van der Waals surface area contributed by atoms with Crippen LogP contribution in [0.25, 0.3) is 0 Å². The average molecular weight is 378 g/mol. The molecule has 1 unspecified atom stereocenters. The molecule has 1 aliphatic heterocycles. The third-order valence-corrected chi connectivity index (χ3v) is 4.19. The fraction of sp³-hybridized carbons (Fsp3) is 0.263. The Kier molecular flexibility index (Phi) is 4.82. The summed E-state index contributed by atoms with van der Waals surface area (Å²) in [5.41, 5.74) is -0.275. The molecule has 2 aromatic carbocycles. The van der Waals surface area contributed by atoms with Gasteiger partial charge in [0.05, 0.1) is 17.8 Å². The van der Waals surface area contributed by atoms with Crippen molar-refractivity contribution in [1.82, 2.24) is 4.90 Å². The molecular formula is C19H17F3N2O3. The monoisotopic (exact) mass is 378 g/mol. The minimum absolute atomic E-state index is 0.0338. The number of para-hydroxylation sites is 2. The summed E-state index contributed by atoms with van der Waals surface area (Å²) in [6, 6.07) is 10.7. The first-order chi connectivity index (χ1) is 12.7. The number of fused-ring (bicyclic) bond motifs is 1. The molecule has 0 fully saturated rings. The molecule has 0 N–H and O–H groups in total. The summed E-state index contributed by atoms with van der Waals surface area (Å²) in [5.74, 6) is -0.449. The minimum atomic E-state index is -4.48. The number of rotatable bonds is 2. The van der Waals surface area contributed by atoms with Crippen LogP contribution in [0.15, 0.2) is 48.5 Å². The number of ether oxygens (including phenoxy) is 1. The molecule has 0 aromatic heterocycles. The first-order valence-corrected chi connectivity index (χ1v) is 8.14. The van der Waals surface area contributed by atoms with Gasteiger partial charge < -0.3 is 14.5 Å². The standard InChI is InChI=1S/C19H17F3N2O3/c1-23(2)18(26)16-11-24(14-5-3-4-6-15(14)27-16)17(25)12-7-9-13(10-8-12)19(20,21)22/h3-10,16H,11H2,1-2H3. The molecule has 0 aliphatic carbocycles. The van der Waals surface area contributed by atoms with Crippen molar-refractivity contribution in [3.05, 3.63) is 59.7 Å². The number of halogens is 3. The highest BCUT2D eigenvalue weighted by Gasteiger charge is 2.35. The van der Waals surface area contributed by atoms with Crippen molar-refractivity contribution in [2.45, 2.75) is 12.3 Å². The van der Waals surface area contributed by atoms with E-state index in [-0.39, 0.29) is 18.0 Å². The SMILES string of the molecule is CN(C)C(=O)C1CN(C(=O)c2ccc(C(F)(F)F)cc2)c2ccccc2O1. The topological polar surface area (TPSA) is 49.9 Å². The quantitative estimate of drug-likeness (QED) is 0.807. The van der Waals surface area contributed by atoms with Gasteiger partial charge in [0.2, 0.25) is 0 Å². The normalized spacial score (nSPS) is 16.3. The van der Waals surface area contributed by atoms with Gasteiger partial charge in [0, 0.05) is 19.7 Å². The zero-order valence-corrected chi connectivity index (χ0v) is 14.7. The number of hydrogen-bond donors (Lipinski definition) is 0. The summed E-state index contributed by atoms with van der Waals surface area (Å²) in [5, 5.41) is 0. The molecule has 1 atom stereocenters. The first kappa shape index (κ1) is 18.8. The van der Waals surface area contributed by atoms with Crippen LogP contribution in [-0.2, 0) is 11.0 Å². The number of carbonyl (C=O) groups is 2. The Bertz CT molecular complexity index is 863. The second-order valence-corrected chi connectivity index (χ2v) is 6.30. The molecular weight excluding hydrogens is 361 g/mol. The van der Waals surface area contributed by atoms with E-state index in [9.17, 15) is 22.8 Å². The lowest BCUT2D eigenvalue weighted by Gasteiger charge is -2.35. The molecule has 0 saturated carbocycles. The zero-order valence-electron chi connectivity index (χ0n) is 14.7. The van der Waals surface area contributed by atoms with Crippen LogP contribution in [0.2, 0.25) is 0 Å². The molecule has 3 rings (SSSR count). The van der Waals surface area contributed by atoms with Gasteiger partial charge in [-0.15, -0.1) is 0 Å². The second-order valence-electron chi connectivity index (χ2n) is 6.30. The van der Waals surface area contributed by atoms with Crippen LogP contribution < -0.4 is 9.64 Å². The van der Waals surface area contributed by atoms with Gasteiger partial charge in [0.25, 0.3) is 11.8 Å². The van der Waals surface area contributed by atoms with E-state index in [1.165, 1.54) is 9.80 Å². The Labute approximate surface area is 153 Å². The highest BCUT2D eigenvalue weighted by atomic mass is 19.4. The Morgan fingerprint density at radius 1 is 1.07 bits per heavy atom. The predicted molar refractivity (Wildman–Crippen MR) is 92.7 cm³/mol. The summed E-state index contributed by atoms with van der Waals surface area (Å²) in [4.78, 5) is 27.9. The molecule has 0 radical (unpaired) electrons. The maximum absolute atomic E-state index is 12.9. The number of likely N-dealkylation sites (N-methyl/N-ethyl adjacent to an activating group) is 1. The molecule has 1 aliphatic rings. The lowest BCUT2D eigenvalue weighted by molar-refractivity contribution is -0.137. The van der Waals surface area contributed by atoms with Crippen LogP contribution in [0.5, 0.6) is 5.75 Å². The number of amides is 2. The van der Waals surface area contributed by atoms with Gasteiger partial charge in [0.15, 0.2) is 6.10 Å². The van der Waals surface area contributed by atoms with Crippen molar-refractivity contribution in [1.29, 1.82) is 0 Å². The molecule has 27 heavy (non-hydrogen) atoms. The highest BCUT2D eigenvalue weighted by Crippen LogP contribution is 2.35. The number of carbonyl (C=O) groups excluding carboxylic acids is 2. The number of anilines is 1. The fourth-order valence-electron chi connectivity index (χ4n) is 2.80. The van der Waals surface area contributed by atoms with E-state index in [4.69, 9.17) is 4.74 Å². The third kappa shape index (κ3) is 3.74. The van der Waals surface area contributed by atoms with Gasteiger partial charge in [0.1, 0.15) is 5.75 Å². The van der Waals surface area contributed by atoms with E-state index in [2.05, 4.69) is 0 Å². The molecule has 0 saturated heterocycles. The second kappa shape index (κ2) is 6.94. The molecule has 0 spiro atoms. The highest BCUT2D eigenvalue weighted by molar-refractivity contribution is 6.07. The van der Waals surface area contributed by atoms with Gasteiger partial charge in [-0.05, 0) is 36.4 Å². The van der Waals surface area contributed by atoms with Crippen molar-refractivity contribution >= 4 is 17.5 Å². The summed E-state index contributed by atoms with van der Waals surface area (Å²) in [6.07, 6.45) is -5.37. The van der Waals surface area contributed by atoms with E-state index >= 15 is 0 Å². The van der Waals surface area contributed by atoms with Crippen molar-refractivity contribution in [3.63, 3.8) is 0 Å². The summed E-state index contributed by atoms with van der Waals surface area (Å²) in [6.45, 7) is -0.0338. The largest absolute Gasteiger partial charge is 0.476 e. The Morgan fingerprint density at radius 2 is 1.70 bits per heavy atom. The minimum Gasteiger partial charge on any atom is -0.476 e. The molecule has 0 bridgehead atoms. The van der Waals surface area contributed by atoms with Crippen LogP contribution in [0.4, 0.5) is 18.9 Å². The maximum atomic E-state index is 12.9. The van der Waals surface area contributed by atoms with Crippen LogP contribution in [0.1, 0.15) is 15.9 Å². The predicted octanol–water partition coefficient (Wildman–Crippen LogP) is 3.20. The molecule has 142 valence electrons. The van der Waals surface area contributed by atoms with E-state index in [1.807, 2.05) is 0 Å². The summed E-state index contributed by atoms with van der Waals surface area (Å²) < 4.78 is 43.9. The van der Waals surface area contributed by atoms with Gasteiger partial charge >= 0.3 is 6.18 Å². The van der Waals surface area contributed by atoms with E-state index in [0.29, 0.717) is 11.4 Å².